The van der Waals surface area contributed by atoms with Crippen LogP contribution >= 0.6 is 11.6 Å². The molecule has 1 aromatic heterocycles. The first kappa shape index (κ1) is 20.8. The van der Waals surface area contributed by atoms with Crippen molar-refractivity contribution in [2.45, 2.75) is 6.92 Å². The molecule has 0 N–H and O–H groups in total. The van der Waals surface area contributed by atoms with Crippen LogP contribution in [0.2, 0.25) is 5.02 Å². The Kier molecular flexibility index (Phi) is 5.14. The van der Waals surface area contributed by atoms with Gasteiger partial charge in [0, 0.05) is 10.6 Å². The predicted molar refractivity (Wildman–Crippen MR) is 104 cm³/mol. The van der Waals surface area contributed by atoms with E-state index >= 15 is 0 Å². The van der Waals surface area contributed by atoms with Gasteiger partial charge in [0.15, 0.2) is 23.3 Å². The number of carbonyl (C=O) groups excluding carboxylic acids is 1. The van der Waals surface area contributed by atoms with Gasteiger partial charge >= 0.3 is 0 Å². The Balaban J connectivity index is 1.70. The summed E-state index contributed by atoms with van der Waals surface area (Å²) in [7, 11) is 0. The minimum absolute atomic E-state index is 0.00150. The zero-order valence-corrected chi connectivity index (χ0v) is 16.3. The van der Waals surface area contributed by atoms with Gasteiger partial charge in [0.2, 0.25) is 5.82 Å². The molecule has 3 aromatic rings. The molecular formula is C21H10ClF5N2O2. The second-order valence-electron chi connectivity index (χ2n) is 6.49. The summed E-state index contributed by atoms with van der Waals surface area (Å²) in [5, 5.41) is 4.34. The van der Waals surface area contributed by atoms with Crippen LogP contribution in [0, 0.1) is 29.1 Å². The van der Waals surface area contributed by atoms with Crippen LogP contribution in [0.15, 0.2) is 51.5 Å². The first-order chi connectivity index (χ1) is 14.7. The van der Waals surface area contributed by atoms with Crippen LogP contribution in [0.1, 0.15) is 12.7 Å². The van der Waals surface area contributed by atoms with Crippen molar-refractivity contribution in [1.82, 2.24) is 0 Å². The van der Waals surface area contributed by atoms with E-state index < -0.39 is 40.7 Å². The molecule has 1 aliphatic heterocycles. The van der Waals surface area contributed by atoms with Crippen LogP contribution in [-0.2, 0) is 4.79 Å². The lowest BCUT2D eigenvalue weighted by molar-refractivity contribution is -0.114. The first-order valence-electron chi connectivity index (χ1n) is 8.68. The van der Waals surface area contributed by atoms with Crippen LogP contribution in [0.4, 0.5) is 27.6 Å². The number of benzene rings is 2. The van der Waals surface area contributed by atoms with Gasteiger partial charge in [0.25, 0.3) is 5.91 Å². The number of rotatable bonds is 3. The Bertz CT molecular complexity index is 1250. The van der Waals surface area contributed by atoms with Gasteiger partial charge in [-0.25, -0.2) is 22.0 Å². The molecule has 0 saturated carbocycles. The summed E-state index contributed by atoms with van der Waals surface area (Å²) in [6.45, 7) is 1.35. The fourth-order valence-corrected chi connectivity index (χ4v) is 3.08. The van der Waals surface area contributed by atoms with Gasteiger partial charge < -0.3 is 4.42 Å². The highest BCUT2D eigenvalue weighted by molar-refractivity contribution is 6.32. The molecule has 0 bridgehead atoms. The van der Waals surface area contributed by atoms with Crippen LogP contribution in [-0.4, -0.2) is 11.6 Å². The molecule has 1 aliphatic rings. The molecule has 0 radical (unpaired) electrons. The van der Waals surface area contributed by atoms with Gasteiger partial charge in [-0.05, 0) is 49.4 Å². The normalized spacial score (nSPS) is 15.2. The minimum atomic E-state index is -2.33. The van der Waals surface area contributed by atoms with Crippen molar-refractivity contribution >= 4 is 35.0 Å². The summed E-state index contributed by atoms with van der Waals surface area (Å²) in [5.41, 5.74) is -0.884. The molecule has 10 heteroatoms. The number of hydrogen-bond acceptors (Lipinski definition) is 3. The first-order valence-corrected chi connectivity index (χ1v) is 9.05. The third-order valence-electron chi connectivity index (χ3n) is 4.50. The van der Waals surface area contributed by atoms with Crippen molar-refractivity contribution in [3.05, 3.63) is 81.8 Å². The average Bonchev–Trinajstić information content (AvgIpc) is 3.32. The molecule has 0 aliphatic carbocycles. The highest BCUT2D eigenvalue weighted by Crippen LogP contribution is 2.34. The summed E-state index contributed by atoms with van der Waals surface area (Å²) >= 11 is 5.85. The van der Waals surface area contributed by atoms with E-state index in [1.807, 2.05) is 0 Å². The third kappa shape index (κ3) is 3.50. The van der Waals surface area contributed by atoms with Gasteiger partial charge in [-0.1, -0.05) is 11.6 Å². The Morgan fingerprint density at radius 1 is 0.903 bits per heavy atom. The quantitative estimate of drug-likeness (QED) is 0.208. The Hall–Kier alpha value is -3.46. The smallest absolute Gasteiger partial charge is 0.280 e. The molecule has 4 rings (SSSR count). The van der Waals surface area contributed by atoms with Crippen LogP contribution in [0.5, 0.6) is 0 Å². The summed E-state index contributed by atoms with van der Waals surface area (Å²) < 4.78 is 74.2. The number of hydrazone groups is 1. The predicted octanol–water partition coefficient (Wildman–Crippen LogP) is 6.10. The molecule has 0 fully saturated rings. The number of hydrogen-bond donors (Lipinski definition) is 0. The monoisotopic (exact) mass is 452 g/mol. The van der Waals surface area contributed by atoms with Crippen molar-refractivity contribution in [2.75, 3.05) is 5.01 Å². The molecule has 0 saturated heterocycles. The highest BCUT2D eigenvalue weighted by Gasteiger charge is 2.37. The maximum atomic E-state index is 14.1. The molecule has 31 heavy (non-hydrogen) atoms. The second kappa shape index (κ2) is 7.66. The summed E-state index contributed by atoms with van der Waals surface area (Å²) in [5.74, 6) is -11.4. The summed E-state index contributed by atoms with van der Waals surface area (Å²) in [4.78, 5) is 12.7. The zero-order chi connectivity index (χ0) is 22.4. The minimum Gasteiger partial charge on any atom is -0.457 e. The molecule has 4 nitrogen and oxygen atoms in total. The Labute approximate surface area is 176 Å². The van der Waals surface area contributed by atoms with Crippen molar-refractivity contribution in [2.24, 2.45) is 5.10 Å². The maximum Gasteiger partial charge on any atom is 0.280 e. The van der Waals surface area contributed by atoms with Crippen molar-refractivity contribution < 1.29 is 31.2 Å². The lowest BCUT2D eigenvalue weighted by atomic mass is 10.1. The molecule has 0 atom stereocenters. The average molecular weight is 453 g/mol. The molecule has 0 unspecified atom stereocenters. The van der Waals surface area contributed by atoms with Crippen LogP contribution in [0.25, 0.3) is 17.4 Å². The van der Waals surface area contributed by atoms with Crippen LogP contribution in [0.3, 0.4) is 0 Å². The number of nitrogens with zero attached hydrogens (tertiary/aromatic N) is 2. The van der Waals surface area contributed by atoms with Crippen LogP contribution < -0.4 is 5.01 Å². The molecule has 1 amide bonds. The Morgan fingerprint density at radius 3 is 2.10 bits per heavy atom. The van der Waals surface area contributed by atoms with E-state index in [1.165, 1.54) is 13.0 Å². The van der Waals surface area contributed by atoms with Gasteiger partial charge in [-0.3, -0.25) is 4.79 Å². The largest absolute Gasteiger partial charge is 0.457 e. The maximum absolute atomic E-state index is 14.1. The lowest BCUT2D eigenvalue weighted by Crippen LogP contribution is -2.25. The zero-order valence-electron chi connectivity index (χ0n) is 15.5. The molecule has 158 valence electrons. The van der Waals surface area contributed by atoms with Crippen molar-refractivity contribution in [1.29, 1.82) is 0 Å². The van der Waals surface area contributed by atoms with Crippen molar-refractivity contribution in [3.63, 3.8) is 0 Å². The van der Waals surface area contributed by atoms with E-state index in [9.17, 15) is 26.7 Å². The van der Waals surface area contributed by atoms with E-state index in [2.05, 4.69) is 5.10 Å². The summed E-state index contributed by atoms with van der Waals surface area (Å²) in [6, 6.07) is 9.93. The topological polar surface area (TPSA) is 45.8 Å². The number of anilines is 1. The van der Waals surface area contributed by atoms with Gasteiger partial charge in [0.1, 0.15) is 17.2 Å². The second-order valence-corrected chi connectivity index (χ2v) is 6.92. The van der Waals surface area contributed by atoms with E-state index in [0.29, 0.717) is 16.3 Å². The van der Waals surface area contributed by atoms with Crippen molar-refractivity contribution in [3.8, 4) is 11.3 Å². The lowest BCUT2D eigenvalue weighted by Gasteiger charge is -2.14. The number of furan rings is 1. The van der Waals surface area contributed by atoms with E-state index in [1.54, 1.807) is 36.4 Å². The number of halogens is 6. The van der Waals surface area contributed by atoms with E-state index in [4.69, 9.17) is 16.0 Å². The summed E-state index contributed by atoms with van der Waals surface area (Å²) in [6.07, 6.45) is 1.26. The van der Waals surface area contributed by atoms with E-state index in [0.717, 1.165) is 0 Å². The molecule has 2 aromatic carbocycles. The fourth-order valence-electron chi connectivity index (χ4n) is 2.96. The van der Waals surface area contributed by atoms with Gasteiger partial charge in [-0.15, -0.1) is 0 Å². The molecular weight excluding hydrogens is 443 g/mol. The number of amides is 1. The molecule has 2 heterocycles. The Morgan fingerprint density at radius 2 is 1.48 bits per heavy atom. The highest BCUT2D eigenvalue weighted by atomic mass is 35.5. The molecule has 0 spiro atoms. The fraction of sp³-hybridized carbons (Fsp3) is 0.0476. The SMILES string of the molecule is CC1=NN(c2c(F)c(F)c(F)c(F)c2F)C(=O)/C1=C/c1ccc(-c2ccc(Cl)cc2)o1. The van der Waals surface area contributed by atoms with Gasteiger partial charge in [0.05, 0.1) is 11.3 Å². The number of carbonyl (C=O) groups is 1. The van der Waals surface area contributed by atoms with Gasteiger partial charge in [-0.2, -0.15) is 10.1 Å². The third-order valence-corrected chi connectivity index (χ3v) is 4.76. The van der Waals surface area contributed by atoms with E-state index in [-0.39, 0.29) is 22.1 Å². The standard InChI is InChI=1S/C21H10ClF5N2O2/c1-9-13(8-12-6-7-14(31-12)10-2-4-11(22)5-3-10)21(30)29(28-9)20-18(26)16(24)15(23)17(25)19(20)27/h2-8H,1H3/b13-8+.